The van der Waals surface area contributed by atoms with Crippen molar-refractivity contribution in [2.45, 2.75) is 49.7 Å². The quantitative estimate of drug-likeness (QED) is 0.382. The Kier molecular flexibility index (Phi) is 7.69. The predicted octanol–water partition coefficient (Wildman–Crippen LogP) is 5.48. The van der Waals surface area contributed by atoms with Crippen LogP contribution in [0.5, 0.6) is 5.75 Å². The molecule has 2 fully saturated rings. The molecule has 2 amide bonds. The Hall–Kier alpha value is -3.18. The molecule has 12 heteroatoms. The molecule has 43 heavy (non-hydrogen) atoms. The van der Waals surface area contributed by atoms with Gasteiger partial charge in [-0.1, -0.05) is 35.3 Å². The van der Waals surface area contributed by atoms with Crippen LogP contribution in [0.2, 0.25) is 10.0 Å². The number of nitrogens with one attached hydrogen (secondary N) is 2. The van der Waals surface area contributed by atoms with Crippen LogP contribution < -0.4 is 15.4 Å². The number of amides is 2. The lowest BCUT2D eigenvalue weighted by Crippen LogP contribution is -2.57. The molecule has 3 aliphatic rings. The Balaban J connectivity index is 1.51. The van der Waals surface area contributed by atoms with Gasteiger partial charge in [-0.25, -0.2) is 17.1 Å². The molecule has 3 atom stereocenters. The van der Waals surface area contributed by atoms with Gasteiger partial charge in [0.2, 0.25) is 21.8 Å². The lowest BCUT2D eigenvalue weighted by atomic mass is 9.59. The second kappa shape index (κ2) is 11.1. The maximum Gasteiger partial charge on any atom is 0.238 e. The Morgan fingerprint density at radius 1 is 0.977 bits per heavy atom. The summed E-state index contributed by atoms with van der Waals surface area (Å²) < 4.78 is 46.7. The van der Waals surface area contributed by atoms with Crippen molar-refractivity contribution in [3.05, 3.63) is 92.7 Å². The summed E-state index contributed by atoms with van der Waals surface area (Å²) in [5, 5.41) is 6.82. The van der Waals surface area contributed by atoms with E-state index in [1.54, 1.807) is 42.5 Å². The number of carbonyl (C=O) groups is 2. The van der Waals surface area contributed by atoms with Crippen molar-refractivity contribution >= 4 is 50.7 Å². The molecule has 3 aromatic carbocycles. The summed E-state index contributed by atoms with van der Waals surface area (Å²) >= 11 is 12.9. The van der Waals surface area contributed by atoms with E-state index in [4.69, 9.17) is 27.9 Å². The fourth-order valence-electron chi connectivity index (χ4n) is 6.80. The average Bonchev–Trinajstić information content (AvgIpc) is 3.23. The molecule has 0 bridgehead atoms. The van der Waals surface area contributed by atoms with E-state index in [9.17, 15) is 22.4 Å². The lowest BCUT2D eigenvalue weighted by Gasteiger charge is -2.47. The van der Waals surface area contributed by atoms with Gasteiger partial charge in [-0.15, -0.1) is 0 Å². The van der Waals surface area contributed by atoms with Gasteiger partial charge in [-0.05, 0) is 78.9 Å². The lowest BCUT2D eigenvalue weighted by molar-refractivity contribution is -0.131. The van der Waals surface area contributed by atoms with Gasteiger partial charge in [0.15, 0.2) is 0 Å². The highest BCUT2D eigenvalue weighted by atomic mass is 35.5. The van der Waals surface area contributed by atoms with Crippen LogP contribution in [0.3, 0.4) is 0 Å². The predicted molar refractivity (Wildman–Crippen MR) is 163 cm³/mol. The van der Waals surface area contributed by atoms with Gasteiger partial charge < -0.3 is 15.4 Å². The monoisotopic (exact) mass is 645 g/mol. The van der Waals surface area contributed by atoms with Gasteiger partial charge in [0.1, 0.15) is 23.1 Å². The van der Waals surface area contributed by atoms with Crippen molar-refractivity contribution in [1.29, 1.82) is 0 Å². The SMILES string of the molecule is Cc1ccc(F)cc1C1NC(=O)CC(c2cc(Cl)ccc2OC2CCN(S(C)(=O)=O)CC2)C12C(=O)Nc1cc(Cl)ccc12. The number of fused-ring (bicyclic) bond motifs is 2. The number of aryl methyl sites for hydroxylation is 1. The van der Waals surface area contributed by atoms with Gasteiger partial charge in [0.25, 0.3) is 0 Å². The topological polar surface area (TPSA) is 105 Å². The largest absolute Gasteiger partial charge is 0.490 e. The molecule has 1 spiro atoms. The normalized spacial score (nSPS) is 24.5. The second-order valence-electron chi connectivity index (χ2n) is 11.4. The van der Waals surface area contributed by atoms with E-state index in [0.29, 0.717) is 69.7 Å². The van der Waals surface area contributed by atoms with Gasteiger partial charge in [0, 0.05) is 46.7 Å². The highest BCUT2D eigenvalue weighted by molar-refractivity contribution is 7.88. The molecule has 8 nitrogen and oxygen atoms in total. The number of hydrogen-bond acceptors (Lipinski definition) is 5. The highest BCUT2D eigenvalue weighted by Gasteiger charge is 2.62. The summed E-state index contributed by atoms with van der Waals surface area (Å²) in [4.78, 5) is 27.8. The summed E-state index contributed by atoms with van der Waals surface area (Å²) in [6.07, 6.45) is 1.77. The molecule has 226 valence electrons. The third-order valence-electron chi connectivity index (χ3n) is 8.81. The molecule has 0 saturated carbocycles. The summed E-state index contributed by atoms with van der Waals surface area (Å²) in [6.45, 7) is 2.45. The van der Waals surface area contributed by atoms with Crippen molar-refractivity contribution in [3.8, 4) is 5.75 Å². The average molecular weight is 647 g/mol. The maximum atomic E-state index is 14.7. The zero-order chi connectivity index (χ0) is 30.7. The van der Waals surface area contributed by atoms with Crippen LogP contribution in [0.1, 0.15) is 53.5 Å². The summed E-state index contributed by atoms with van der Waals surface area (Å²) in [6, 6.07) is 13.6. The van der Waals surface area contributed by atoms with Crippen LogP contribution in [0.25, 0.3) is 0 Å². The number of halogens is 3. The van der Waals surface area contributed by atoms with Crippen LogP contribution >= 0.6 is 23.2 Å². The first-order chi connectivity index (χ1) is 20.4. The van der Waals surface area contributed by atoms with Crippen molar-refractivity contribution in [2.75, 3.05) is 24.7 Å². The van der Waals surface area contributed by atoms with Gasteiger partial charge in [-0.2, -0.15) is 0 Å². The van der Waals surface area contributed by atoms with E-state index in [0.717, 1.165) is 0 Å². The number of anilines is 1. The van der Waals surface area contributed by atoms with E-state index in [2.05, 4.69) is 10.6 Å². The standard InChI is InChI=1S/C31H30Cl2FN3O5S/c1-17-3-6-20(34)15-22(17)29-31(24-7-4-19(33)14-26(24)35-30(31)39)25(16-28(38)36-29)23-13-18(32)5-8-27(23)42-21-9-11-37(12-10-21)43(2,40)41/h3-8,13-15,21,25,29H,9-12,16H2,1-2H3,(H,35,39)(H,36,38). The Bertz CT molecular complexity index is 1750. The summed E-state index contributed by atoms with van der Waals surface area (Å²) in [5.41, 5.74) is 1.47. The van der Waals surface area contributed by atoms with Crippen LogP contribution in [-0.2, 0) is 25.0 Å². The number of sulfonamides is 1. The third kappa shape index (κ3) is 5.28. The van der Waals surface area contributed by atoms with Gasteiger partial charge in [-0.3, -0.25) is 9.59 Å². The van der Waals surface area contributed by atoms with Gasteiger partial charge in [0.05, 0.1) is 12.3 Å². The van der Waals surface area contributed by atoms with Crippen molar-refractivity contribution in [3.63, 3.8) is 0 Å². The Morgan fingerprint density at radius 3 is 2.40 bits per heavy atom. The zero-order valence-corrected chi connectivity index (χ0v) is 25.8. The summed E-state index contributed by atoms with van der Waals surface area (Å²) in [7, 11) is -3.32. The second-order valence-corrected chi connectivity index (χ2v) is 14.3. The smallest absolute Gasteiger partial charge is 0.238 e. The number of rotatable bonds is 5. The number of benzene rings is 3. The number of piperidine rings is 2. The molecule has 3 aliphatic heterocycles. The number of nitrogens with zero attached hydrogens (tertiary/aromatic N) is 1. The molecular formula is C31H30Cl2FN3O5S. The third-order valence-corrected chi connectivity index (χ3v) is 10.6. The van der Waals surface area contributed by atoms with Gasteiger partial charge >= 0.3 is 0 Å². The fourth-order valence-corrected chi connectivity index (χ4v) is 8.03. The van der Waals surface area contributed by atoms with Crippen molar-refractivity contribution in [1.82, 2.24) is 9.62 Å². The Morgan fingerprint density at radius 2 is 1.67 bits per heavy atom. The van der Waals surface area contributed by atoms with Crippen LogP contribution in [0, 0.1) is 12.7 Å². The van der Waals surface area contributed by atoms with Crippen LogP contribution in [0.4, 0.5) is 10.1 Å². The molecule has 0 aliphatic carbocycles. The number of ether oxygens (including phenoxy) is 1. The van der Waals surface area contributed by atoms with E-state index >= 15 is 0 Å². The number of hydrogen-bond donors (Lipinski definition) is 2. The highest BCUT2D eigenvalue weighted by Crippen LogP contribution is 2.59. The molecule has 2 N–H and O–H groups in total. The first-order valence-corrected chi connectivity index (χ1v) is 16.6. The molecule has 2 saturated heterocycles. The zero-order valence-electron chi connectivity index (χ0n) is 23.5. The minimum Gasteiger partial charge on any atom is -0.490 e. The van der Waals surface area contributed by atoms with Crippen LogP contribution in [0.15, 0.2) is 54.6 Å². The summed E-state index contributed by atoms with van der Waals surface area (Å²) in [5.74, 6) is -1.48. The van der Waals surface area contributed by atoms with E-state index < -0.39 is 33.2 Å². The van der Waals surface area contributed by atoms with E-state index in [1.165, 1.54) is 22.7 Å². The minimum absolute atomic E-state index is 0.0659. The van der Waals surface area contributed by atoms with Crippen LogP contribution in [-0.4, -0.2) is 50.0 Å². The van der Waals surface area contributed by atoms with Crippen molar-refractivity contribution < 1.29 is 27.1 Å². The molecule has 3 heterocycles. The molecule has 3 unspecified atom stereocenters. The molecule has 6 rings (SSSR count). The molecule has 3 aromatic rings. The molecule has 0 aromatic heterocycles. The Labute approximate surface area is 259 Å². The van der Waals surface area contributed by atoms with Crippen molar-refractivity contribution in [2.24, 2.45) is 0 Å². The van der Waals surface area contributed by atoms with E-state index in [1.807, 2.05) is 6.92 Å². The minimum atomic E-state index is -3.32. The maximum absolute atomic E-state index is 14.7. The first-order valence-electron chi connectivity index (χ1n) is 14.0. The number of carbonyl (C=O) groups excluding carboxylic acids is 2. The first kappa shape index (κ1) is 29.9. The molecular weight excluding hydrogens is 616 g/mol. The fraction of sp³-hybridized carbons (Fsp3) is 0.355. The molecule has 0 radical (unpaired) electrons. The van der Waals surface area contributed by atoms with E-state index in [-0.39, 0.29) is 24.3 Å².